The molecule has 5 nitrogen and oxygen atoms in total. The van der Waals surface area contributed by atoms with E-state index in [1.54, 1.807) is 4.90 Å². The lowest BCUT2D eigenvalue weighted by atomic mass is 9.82. The second-order valence-electron chi connectivity index (χ2n) is 5.39. The average molecular weight is 276 g/mol. The number of carbonyl (C=O) groups excluding carboxylic acids is 1. The van der Waals surface area contributed by atoms with Gasteiger partial charge >= 0.3 is 5.97 Å². The van der Waals surface area contributed by atoms with Crippen molar-refractivity contribution in [2.45, 2.75) is 33.1 Å². The summed E-state index contributed by atoms with van der Waals surface area (Å²) in [6, 6.07) is 2.96. The molecule has 1 fully saturated rings. The molecule has 1 aliphatic heterocycles. The molecule has 5 heteroatoms. The lowest BCUT2D eigenvalue weighted by molar-refractivity contribution is 0.0675. The van der Waals surface area contributed by atoms with Crippen LogP contribution in [0.15, 0.2) is 18.3 Å². The first-order valence-electron chi connectivity index (χ1n) is 7.00. The Balaban J connectivity index is 2.24. The molecule has 2 rings (SSSR count). The predicted molar refractivity (Wildman–Crippen MR) is 74.7 cm³/mol. The molecular formula is C15H20N2O3. The lowest BCUT2D eigenvalue weighted by Crippen LogP contribution is -2.33. The van der Waals surface area contributed by atoms with Crippen molar-refractivity contribution in [1.82, 2.24) is 9.88 Å². The Morgan fingerprint density at radius 2 is 2.10 bits per heavy atom. The Morgan fingerprint density at radius 3 is 2.65 bits per heavy atom. The number of carbonyl (C=O) groups is 2. The molecule has 0 unspecified atom stereocenters. The number of hydrogen-bond donors (Lipinski definition) is 1. The summed E-state index contributed by atoms with van der Waals surface area (Å²) in [6.45, 7) is 5.65. The standard InChI is InChI=1S/C15H20N2O3/c1-3-15(4-2)7-9-17(10-15)13(18)12-11(14(19)20)6-5-8-16-12/h5-6,8H,3-4,7,9-10H2,1-2H3,(H,19,20). The summed E-state index contributed by atoms with van der Waals surface area (Å²) in [5.74, 6) is -1.38. The van der Waals surface area contributed by atoms with E-state index in [2.05, 4.69) is 18.8 Å². The number of aromatic nitrogens is 1. The van der Waals surface area contributed by atoms with Crippen molar-refractivity contribution in [2.75, 3.05) is 13.1 Å². The zero-order chi connectivity index (χ0) is 14.8. The topological polar surface area (TPSA) is 70.5 Å². The highest BCUT2D eigenvalue weighted by Gasteiger charge is 2.38. The van der Waals surface area contributed by atoms with Crippen molar-refractivity contribution >= 4 is 11.9 Å². The van der Waals surface area contributed by atoms with Gasteiger partial charge in [-0.1, -0.05) is 13.8 Å². The van der Waals surface area contributed by atoms with Gasteiger partial charge in [-0.25, -0.2) is 4.79 Å². The van der Waals surface area contributed by atoms with Crippen LogP contribution in [0, 0.1) is 5.41 Å². The molecule has 20 heavy (non-hydrogen) atoms. The second kappa shape index (κ2) is 5.61. The first kappa shape index (κ1) is 14.5. The van der Waals surface area contributed by atoms with Crippen LogP contribution in [-0.2, 0) is 0 Å². The van der Waals surface area contributed by atoms with Crippen LogP contribution in [-0.4, -0.2) is 40.0 Å². The minimum atomic E-state index is -1.11. The summed E-state index contributed by atoms with van der Waals surface area (Å²) in [4.78, 5) is 29.4. The number of carboxylic acids is 1. The number of hydrogen-bond acceptors (Lipinski definition) is 3. The van der Waals surface area contributed by atoms with Crippen LogP contribution in [0.3, 0.4) is 0 Å². The van der Waals surface area contributed by atoms with Crippen molar-refractivity contribution < 1.29 is 14.7 Å². The molecule has 1 saturated heterocycles. The van der Waals surface area contributed by atoms with Crippen LogP contribution in [0.5, 0.6) is 0 Å². The molecule has 1 aliphatic rings. The molecule has 1 aromatic rings. The fourth-order valence-corrected chi connectivity index (χ4v) is 2.83. The van der Waals surface area contributed by atoms with Gasteiger partial charge in [-0.3, -0.25) is 9.78 Å². The zero-order valence-corrected chi connectivity index (χ0v) is 11.9. The summed E-state index contributed by atoms with van der Waals surface area (Å²) >= 11 is 0. The third-order valence-corrected chi connectivity index (χ3v) is 4.47. The first-order valence-corrected chi connectivity index (χ1v) is 7.00. The molecule has 1 N–H and O–H groups in total. The maximum Gasteiger partial charge on any atom is 0.338 e. The fraction of sp³-hybridized carbons (Fsp3) is 0.533. The van der Waals surface area contributed by atoms with Gasteiger partial charge in [-0.05, 0) is 36.8 Å². The van der Waals surface area contributed by atoms with E-state index >= 15 is 0 Å². The molecule has 0 radical (unpaired) electrons. The minimum absolute atomic E-state index is 0.0250. The fourth-order valence-electron chi connectivity index (χ4n) is 2.83. The maximum absolute atomic E-state index is 12.5. The van der Waals surface area contributed by atoms with Crippen molar-refractivity contribution in [2.24, 2.45) is 5.41 Å². The van der Waals surface area contributed by atoms with Gasteiger partial charge in [0.1, 0.15) is 5.69 Å². The van der Waals surface area contributed by atoms with Crippen molar-refractivity contribution in [1.29, 1.82) is 0 Å². The summed E-state index contributed by atoms with van der Waals surface area (Å²) in [7, 11) is 0. The van der Waals surface area contributed by atoms with Crippen LogP contribution in [0.1, 0.15) is 54.0 Å². The molecule has 1 aromatic heterocycles. The number of rotatable bonds is 4. The number of pyridine rings is 1. The Labute approximate surface area is 118 Å². The van der Waals surface area contributed by atoms with E-state index in [1.165, 1.54) is 18.3 Å². The van der Waals surface area contributed by atoms with Gasteiger partial charge in [-0.2, -0.15) is 0 Å². The molecule has 0 aliphatic carbocycles. The van der Waals surface area contributed by atoms with Crippen molar-refractivity contribution in [3.05, 3.63) is 29.6 Å². The van der Waals surface area contributed by atoms with E-state index in [-0.39, 0.29) is 22.6 Å². The summed E-state index contributed by atoms with van der Waals surface area (Å²) in [5.41, 5.74) is 0.194. The summed E-state index contributed by atoms with van der Waals surface area (Å²) in [5, 5.41) is 9.14. The van der Waals surface area contributed by atoms with E-state index in [1.807, 2.05) is 0 Å². The third-order valence-electron chi connectivity index (χ3n) is 4.47. The molecule has 1 amide bonds. The minimum Gasteiger partial charge on any atom is -0.478 e. The van der Waals surface area contributed by atoms with Crippen LogP contribution >= 0.6 is 0 Å². The van der Waals surface area contributed by atoms with Crippen LogP contribution < -0.4 is 0 Å². The highest BCUT2D eigenvalue weighted by Crippen LogP contribution is 2.37. The Kier molecular flexibility index (Phi) is 4.06. The molecule has 108 valence electrons. The van der Waals surface area contributed by atoms with Gasteiger partial charge in [-0.15, -0.1) is 0 Å². The average Bonchev–Trinajstić information content (AvgIpc) is 2.91. The summed E-state index contributed by atoms with van der Waals surface area (Å²) < 4.78 is 0. The maximum atomic E-state index is 12.5. The third kappa shape index (κ3) is 2.53. The largest absolute Gasteiger partial charge is 0.478 e. The van der Waals surface area contributed by atoms with E-state index in [4.69, 9.17) is 5.11 Å². The molecule has 2 heterocycles. The van der Waals surface area contributed by atoms with Crippen LogP contribution in [0.4, 0.5) is 0 Å². The number of aromatic carboxylic acids is 1. The predicted octanol–water partition coefficient (Wildman–Crippen LogP) is 2.43. The van der Waals surface area contributed by atoms with Gasteiger partial charge in [0.05, 0.1) is 5.56 Å². The van der Waals surface area contributed by atoms with Crippen molar-refractivity contribution in [3.8, 4) is 0 Å². The lowest BCUT2D eigenvalue weighted by Gasteiger charge is -2.26. The number of nitrogens with zero attached hydrogens (tertiary/aromatic N) is 2. The molecular weight excluding hydrogens is 256 g/mol. The van der Waals surface area contributed by atoms with Crippen LogP contribution in [0.25, 0.3) is 0 Å². The van der Waals surface area contributed by atoms with E-state index in [0.717, 1.165) is 19.3 Å². The number of likely N-dealkylation sites (tertiary alicyclic amines) is 1. The molecule has 0 aromatic carbocycles. The van der Waals surface area contributed by atoms with Gasteiger partial charge in [0.25, 0.3) is 5.91 Å². The monoisotopic (exact) mass is 276 g/mol. The van der Waals surface area contributed by atoms with E-state index < -0.39 is 5.97 Å². The van der Waals surface area contributed by atoms with Crippen molar-refractivity contribution in [3.63, 3.8) is 0 Å². The molecule has 0 saturated carbocycles. The highest BCUT2D eigenvalue weighted by atomic mass is 16.4. The molecule has 0 atom stereocenters. The van der Waals surface area contributed by atoms with E-state index in [9.17, 15) is 9.59 Å². The van der Waals surface area contributed by atoms with Crippen LogP contribution in [0.2, 0.25) is 0 Å². The van der Waals surface area contributed by atoms with Gasteiger partial charge < -0.3 is 10.0 Å². The zero-order valence-electron chi connectivity index (χ0n) is 11.9. The Hall–Kier alpha value is -1.91. The van der Waals surface area contributed by atoms with Gasteiger partial charge in [0.15, 0.2) is 0 Å². The Bertz CT molecular complexity index is 524. The highest BCUT2D eigenvalue weighted by molar-refractivity contribution is 6.03. The smallest absolute Gasteiger partial charge is 0.338 e. The summed E-state index contributed by atoms with van der Waals surface area (Å²) in [6.07, 6.45) is 4.49. The quantitative estimate of drug-likeness (QED) is 0.917. The number of amides is 1. The molecule has 0 spiro atoms. The van der Waals surface area contributed by atoms with Gasteiger partial charge in [0, 0.05) is 19.3 Å². The number of carboxylic acid groups (broad SMARTS) is 1. The first-order chi connectivity index (χ1) is 9.53. The van der Waals surface area contributed by atoms with Gasteiger partial charge in [0.2, 0.25) is 0 Å². The van der Waals surface area contributed by atoms with E-state index in [0.29, 0.717) is 13.1 Å². The SMILES string of the molecule is CCC1(CC)CCN(C(=O)c2ncccc2C(=O)O)C1. The Morgan fingerprint density at radius 1 is 1.40 bits per heavy atom. The molecule has 0 bridgehead atoms. The second-order valence-corrected chi connectivity index (χ2v) is 5.39. The normalized spacial score (nSPS) is 17.2.